The number of non-ortho nitro benzene ring substituents is 1. The summed E-state index contributed by atoms with van der Waals surface area (Å²) in [4.78, 5) is 13.5. The summed E-state index contributed by atoms with van der Waals surface area (Å²) >= 11 is 2.47. The summed E-state index contributed by atoms with van der Waals surface area (Å²) in [5.41, 5.74) is 5.74. The second kappa shape index (κ2) is 6.42. The molecule has 29 heavy (non-hydrogen) atoms. The van der Waals surface area contributed by atoms with Crippen molar-refractivity contribution in [3.05, 3.63) is 91.1 Å². The van der Waals surface area contributed by atoms with Crippen molar-refractivity contribution in [2.24, 2.45) is 11.8 Å². The minimum Gasteiger partial charge on any atom is -0.363 e. The first kappa shape index (κ1) is 17.7. The Morgan fingerprint density at radius 2 is 1.69 bits per heavy atom. The number of hydrogen-bond acceptors (Lipinski definition) is 3. The van der Waals surface area contributed by atoms with Gasteiger partial charge in [-0.25, -0.2) is 0 Å². The van der Waals surface area contributed by atoms with Crippen LogP contribution < -0.4 is 4.90 Å². The van der Waals surface area contributed by atoms with Gasteiger partial charge in [-0.1, -0.05) is 36.4 Å². The van der Waals surface area contributed by atoms with Gasteiger partial charge in [0.1, 0.15) is 0 Å². The number of hydrogen-bond donors (Lipinski definition) is 0. The maximum atomic E-state index is 11.1. The molecule has 0 radical (unpaired) electrons. The Kier molecular flexibility index (Phi) is 3.92. The number of benzene rings is 2. The third kappa shape index (κ3) is 2.56. The van der Waals surface area contributed by atoms with Crippen LogP contribution >= 0.6 is 22.6 Å². The zero-order valence-electron chi connectivity index (χ0n) is 15.9. The number of nitrogens with zero attached hydrogens (tertiary/aromatic N) is 2. The molecule has 2 heterocycles. The summed E-state index contributed by atoms with van der Waals surface area (Å²) in [6.45, 7) is 1.06. The molecular weight excluding hydrogens is 475 g/mol. The first-order valence-electron chi connectivity index (χ1n) is 10.3. The van der Waals surface area contributed by atoms with E-state index in [0.717, 1.165) is 19.4 Å². The van der Waals surface area contributed by atoms with Gasteiger partial charge in [0.15, 0.2) is 0 Å². The normalized spacial score (nSPS) is 30.8. The number of anilines is 1. The van der Waals surface area contributed by atoms with Gasteiger partial charge in [0.25, 0.3) is 5.69 Å². The molecule has 0 amide bonds. The Hall–Kier alpha value is -2.15. The Bertz CT molecular complexity index is 1060. The second-order valence-electron chi connectivity index (χ2n) is 8.68. The van der Waals surface area contributed by atoms with Crippen LogP contribution in [-0.4, -0.2) is 11.5 Å². The predicted octanol–water partition coefficient (Wildman–Crippen LogP) is 6.09. The monoisotopic (exact) mass is 496 g/mol. The van der Waals surface area contributed by atoms with E-state index in [1.54, 1.807) is 12.1 Å². The summed E-state index contributed by atoms with van der Waals surface area (Å²) in [5.74, 6) is 2.06. The molecule has 0 fully saturated rings. The predicted molar refractivity (Wildman–Crippen MR) is 122 cm³/mol. The molecule has 2 aromatic carbocycles. The molecule has 0 spiro atoms. The van der Waals surface area contributed by atoms with Gasteiger partial charge in [-0.15, -0.1) is 0 Å². The lowest BCUT2D eigenvalue weighted by molar-refractivity contribution is -0.384. The average Bonchev–Trinajstić information content (AvgIpc) is 3.37. The van der Waals surface area contributed by atoms with Crippen LogP contribution in [0.2, 0.25) is 0 Å². The van der Waals surface area contributed by atoms with Crippen LogP contribution in [-0.2, 0) is 0 Å². The lowest BCUT2D eigenvalue weighted by Gasteiger charge is -2.51. The highest BCUT2D eigenvalue weighted by molar-refractivity contribution is 14.1. The maximum Gasteiger partial charge on any atom is 0.269 e. The molecule has 0 N–H and O–H groups in total. The van der Waals surface area contributed by atoms with Crippen LogP contribution in [0.3, 0.4) is 0 Å². The number of nitro benzene ring substituents is 1. The van der Waals surface area contributed by atoms with Crippen molar-refractivity contribution >= 4 is 34.0 Å². The van der Waals surface area contributed by atoms with Gasteiger partial charge in [0.2, 0.25) is 0 Å². The topological polar surface area (TPSA) is 46.4 Å². The van der Waals surface area contributed by atoms with Crippen molar-refractivity contribution in [2.75, 3.05) is 11.4 Å². The molecule has 0 unspecified atom stereocenters. The fourth-order valence-electron chi connectivity index (χ4n) is 6.11. The smallest absolute Gasteiger partial charge is 0.269 e. The number of halogens is 1. The summed E-state index contributed by atoms with van der Waals surface area (Å²) in [6.07, 6.45) is 11.7. The van der Waals surface area contributed by atoms with E-state index in [-0.39, 0.29) is 16.7 Å². The standard InChI is InChI=1S/C24H21IN2O2/c25-16-11-21-18-4-1-3-15(18)13-26-23(14-7-9-17(10-8-14)27(28)29)20-6-2-5-19(20)22(12-16)24(21)26/h1-2,4-5,7-12,15,18-20,23H,3,6,13H2/t15-,18+,19+,20+,23+/m1/s1. The summed E-state index contributed by atoms with van der Waals surface area (Å²) in [5, 5.41) is 11.1. The summed E-state index contributed by atoms with van der Waals surface area (Å²) < 4.78 is 1.32. The van der Waals surface area contributed by atoms with Gasteiger partial charge in [-0.3, -0.25) is 10.1 Å². The quantitative estimate of drug-likeness (QED) is 0.219. The van der Waals surface area contributed by atoms with E-state index in [1.807, 2.05) is 12.1 Å². The molecule has 5 atom stereocenters. The molecule has 0 saturated carbocycles. The van der Waals surface area contributed by atoms with E-state index in [2.05, 4.69) is 63.9 Å². The van der Waals surface area contributed by atoms with E-state index < -0.39 is 0 Å². The molecule has 0 bridgehead atoms. The van der Waals surface area contributed by atoms with Gasteiger partial charge in [-0.2, -0.15) is 0 Å². The lowest BCUT2D eigenvalue weighted by atomic mass is 9.71. The van der Waals surface area contributed by atoms with E-state index in [1.165, 1.54) is 25.9 Å². The minimum atomic E-state index is -0.310. The molecule has 2 aromatic rings. The highest BCUT2D eigenvalue weighted by Gasteiger charge is 2.47. The average molecular weight is 496 g/mol. The number of nitro groups is 1. The van der Waals surface area contributed by atoms with Crippen LogP contribution in [0.4, 0.5) is 11.4 Å². The van der Waals surface area contributed by atoms with Crippen molar-refractivity contribution in [3.63, 3.8) is 0 Å². The fourth-order valence-corrected chi connectivity index (χ4v) is 6.78. The van der Waals surface area contributed by atoms with Crippen molar-refractivity contribution < 1.29 is 4.92 Å². The lowest BCUT2D eigenvalue weighted by Crippen LogP contribution is -2.46. The number of allylic oxidation sites excluding steroid dienone is 4. The summed E-state index contributed by atoms with van der Waals surface area (Å²) in [6, 6.07) is 12.3. The van der Waals surface area contributed by atoms with Crippen LogP contribution in [0.15, 0.2) is 60.7 Å². The molecule has 6 rings (SSSR count). The highest BCUT2D eigenvalue weighted by Crippen LogP contribution is 2.58. The molecule has 2 aliphatic heterocycles. The van der Waals surface area contributed by atoms with Gasteiger partial charge >= 0.3 is 0 Å². The van der Waals surface area contributed by atoms with Crippen LogP contribution in [0, 0.1) is 25.5 Å². The van der Waals surface area contributed by atoms with E-state index in [4.69, 9.17) is 0 Å². The SMILES string of the molecule is O=[N+]([O-])c1ccc([C@H]2[C@H]3CC=C[C@@H]3c3cc(I)cc4c3N2C[C@H]2CC=C[C@H]42)cc1. The van der Waals surface area contributed by atoms with Crippen LogP contribution in [0.1, 0.15) is 47.4 Å². The van der Waals surface area contributed by atoms with Gasteiger partial charge in [0.05, 0.1) is 11.0 Å². The van der Waals surface area contributed by atoms with Crippen molar-refractivity contribution in [1.82, 2.24) is 0 Å². The zero-order chi connectivity index (χ0) is 19.7. The zero-order valence-corrected chi connectivity index (χ0v) is 18.0. The molecule has 0 saturated heterocycles. The molecule has 2 aliphatic carbocycles. The molecule has 0 aromatic heterocycles. The molecule has 5 heteroatoms. The van der Waals surface area contributed by atoms with Crippen LogP contribution in [0.25, 0.3) is 0 Å². The molecular formula is C24H21IN2O2. The third-order valence-corrected chi connectivity index (χ3v) is 7.88. The number of fused-ring (bicyclic) bond motifs is 4. The van der Waals surface area contributed by atoms with E-state index in [9.17, 15) is 10.1 Å². The van der Waals surface area contributed by atoms with E-state index >= 15 is 0 Å². The minimum absolute atomic E-state index is 0.167. The molecule has 4 nitrogen and oxygen atoms in total. The first-order chi connectivity index (χ1) is 14.1. The van der Waals surface area contributed by atoms with Crippen LogP contribution in [0.5, 0.6) is 0 Å². The largest absolute Gasteiger partial charge is 0.363 e. The first-order valence-corrected chi connectivity index (χ1v) is 11.4. The second-order valence-corrected chi connectivity index (χ2v) is 9.93. The number of rotatable bonds is 2. The Balaban J connectivity index is 1.54. The molecule has 4 aliphatic rings. The van der Waals surface area contributed by atoms with Crippen molar-refractivity contribution in [2.45, 2.75) is 30.7 Å². The Morgan fingerprint density at radius 3 is 2.45 bits per heavy atom. The van der Waals surface area contributed by atoms with Crippen molar-refractivity contribution in [1.29, 1.82) is 0 Å². The Labute approximate surface area is 183 Å². The van der Waals surface area contributed by atoms with Gasteiger partial charge in [-0.05, 0) is 76.1 Å². The molecule has 146 valence electrons. The summed E-state index contributed by atoms with van der Waals surface area (Å²) in [7, 11) is 0. The van der Waals surface area contributed by atoms with Gasteiger partial charge in [0, 0.05) is 39.8 Å². The van der Waals surface area contributed by atoms with Gasteiger partial charge < -0.3 is 4.90 Å². The van der Waals surface area contributed by atoms with Crippen molar-refractivity contribution in [3.8, 4) is 0 Å². The van der Waals surface area contributed by atoms with E-state index in [0.29, 0.717) is 23.7 Å². The Morgan fingerprint density at radius 1 is 1.00 bits per heavy atom. The maximum absolute atomic E-state index is 11.1. The fraction of sp³-hybridized carbons (Fsp3) is 0.333. The highest BCUT2D eigenvalue weighted by atomic mass is 127. The third-order valence-electron chi connectivity index (χ3n) is 7.26.